The number of nitrogens with two attached hydrogens (primary N) is 1. The second-order valence-electron chi connectivity index (χ2n) is 4.54. The van der Waals surface area contributed by atoms with E-state index in [1.54, 1.807) is 0 Å². The van der Waals surface area contributed by atoms with Crippen LogP contribution in [0.2, 0.25) is 0 Å². The van der Waals surface area contributed by atoms with E-state index in [-0.39, 0.29) is 11.3 Å². The van der Waals surface area contributed by atoms with Gasteiger partial charge in [-0.1, -0.05) is 12.1 Å². The summed E-state index contributed by atoms with van der Waals surface area (Å²) in [5, 5.41) is 2.84. The van der Waals surface area contributed by atoms with Crippen molar-refractivity contribution in [1.29, 1.82) is 0 Å². The van der Waals surface area contributed by atoms with E-state index in [9.17, 15) is 4.79 Å². The Balaban J connectivity index is 1.92. The van der Waals surface area contributed by atoms with E-state index >= 15 is 0 Å². The number of ether oxygens (including phenoxy) is 2. The average molecular weight is 234 g/mol. The number of para-hydroxylation sites is 2. The summed E-state index contributed by atoms with van der Waals surface area (Å²) in [5.74, 6) is 0.550. The normalized spacial score (nSPS) is 25.2. The molecule has 0 aliphatic carbocycles. The highest BCUT2D eigenvalue weighted by atomic mass is 16.5. The molecule has 17 heavy (non-hydrogen) atoms. The van der Waals surface area contributed by atoms with Crippen LogP contribution >= 0.6 is 0 Å². The number of amides is 1. The first-order valence-electron chi connectivity index (χ1n) is 5.59. The van der Waals surface area contributed by atoms with Crippen LogP contribution in [0.1, 0.15) is 0 Å². The molecule has 0 radical (unpaired) electrons. The molecule has 5 heteroatoms. The molecule has 1 amide bonds. The predicted molar refractivity (Wildman–Crippen MR) is 61.8 cm³/mol. The topological polar surface area (TPSA) is 73.6 Å². The molecule has 0 bridgehead atoms. The lowest BCUT2D eigenvalue weighted by atomic mass is 9.79. The fourth-order valence-electron chi connectivity index (χ4n) is 2.20. The Kier molecular flexibility index (Phi) is 2.31. The Labute approximate surface area is 98.9 Å². The lowest BCUT2D eigenvalue weighted by Gasteiger charge is -2.46. The number of fused-ring (bicyclic) bond motifs is 1. The van der Waals surface area contributed by atoms with Crippen LogP contribution in [0.15, 0.2) is 24.3 Å². The molecule has 2 aliphatic rings. The van der Waals surface area contributed by atoms with E-state index < -0.39 is 6.10 Å². The van der Waals surface area contributed by atoms with Crippen LogP contribution in [-0.2, 0) is 9.53 Å². The molecule has 1 unspecified atom stereocenters. The lowest BCUT2D eigenvalue weighted by molar-refractivity contribution is -0.169. The summed E-state index contributed by atoms with van der Waals surface area (Å²) in [6.45, 7) is 1.33. The minimum absolute atomic E-state index is 0.141. The Morgan fingerprint density at radius 2 is 2.18 bits per heavy atom. The minimum Gasteiger partial charge on any atom is -0.478 e. The summed E-state index contributed by atoms with van der Waals surface area (Å²) in [6, 6.07) is 7.38. The van der Waals surface area contributed by atoms with E-state index in [0.717, 1.165) is 0 Å². The first kappa shape index (κ1) is 10.6. The Morgan fingerprint density at radius 1 is 1.41 bits per heavy atom. The van der Waals surface area contributed by atoms with E-state index in [4.69, 9.17) is 15.2 Å². The van der Waals surface area contributed by atoms with Crippen LogP contribution in [0.3, 0.4) is 0 Å². The fourth-order valence-corrected chi connectivity index (χ4v) is 2.20. The molecule has 2 aliphatic heterocycles. The highest BCUT2D eigenvalue weighted by molar-refractivity contribution is 5.98. The first-order valence-corrected chi connectivity index (χ1v) is 5.59. The standard InChI is InChI=1S/C12H14N2O3/c13-5-12(6-16-7-12)10-11(15)14-8-3-1-2-4-9(8)17-10/h1-4,10H,5-7,13H2,(H,14,15). The Hall–Kier alpha value is -1.59. The van der Waals surface area contributed by atoms with Gasteiger partial charge in [-0.05, 0) is 12.1 Å². The van der Waals surface area contributed by atoms with Crippen molar-refractivity contribution in [2.75, 3.05) is 25.1 Å². The third-order valence-electron chi connectivity index (χ3n) is 3.37. The van der Waals surface area contributed by atoms with Gasteiger partial charge in [-0.3, -0.25) is 4.79 Å². The SMILES string of the molecule is NCC1(C2Oc3ccccc3NC2=O)COC1. The van der Waals surface area contributed by atoms with Gasteiger partial charge in [-0.15, -0.1) is 0 Å². The van der Waals surface area contributed by atoms with Gasteiger partial charge in [0.2, 0.25) is 0 Å². The van der Waals surface area contributed by atoms with Gasteiger partial charge in [0.1, 0.15) is 5.75 Å². The summed E-state index contributed by atoms with van der Waals surface area (Å²) in [6.07, 6.45) is -0.559. The Bertz CT molecular complexity index is 451. The summed E-state index contributed by atoms with van der Waals surface area (Å²) in [7, 11) is 0. The third kappa shape index (κ3) is 1.50. The van der Waals surface area contributed by atoms with Crippen LogP contribution in [0.25, 0.3) is 0 Å². The zero-order valence-corrected chi connectivity index (χ0v) is 9.31. The second kappa shape index (κ2) is 3.72. The maximum Gasteiger partial charge on any atom is 0.266 e. The van der Waals surface area contributed by atoms with Gasteiger partial charge >= 0.3 is 0 Å². The molecule has 1 aromatic carbocycles. The van der Waals surface area contributed by atoms with E-state index in [2.05, 4.69) is 5.32 Å². The molecule has 1 fully saturated rings. The van der Waals surface area contributed by atoms with Crippen molar-refractivity contribution < 1.29 is 14.3 Å². The molecule has 90 valence electrons. The molecular formula is C12H14N2O3. The summed E-state index contributed by atoms with van der Waals surface area (Å²) in [5.41, 5.74) is 6.07. The first-order chi connectivity index (χ1) is 8.25. The fraction of sp³-hybridized carbons (Fsp3) is 0.417. The molecule has 1 aromatic rings. The molecule has 0 saturated carbocycles. The number of carbonyl (C=O) groups excluding carboxylic acids is 1. The molecule has 1 atom stereocenters. The number of anilines is 1. The maximum atomic E-state index is 12.0. The van der Waals surface area contributed by atoms with Crippen LogP contribution in [0.5, 0.6) is 5.75 Å². The van der Waals surface area contributed by atoms with Crippen LogP contribution < -0.4 is 15.8 Å². The number of benzene rings is 1. The predicted octanol–water partition coefficient (Wildman–Crippen LogP) is 0.361. The van der Waals surface area contributed by atoms with Gasteiger partial charge < -0.3 is 20.5 Å². The van der Waals surface area contributed by atoms with Crippen molar-refractivity contribution in [3.05, 3.63) is 24.3 Å². The van der Waals surface area contributed by atoms with Gasteiger partial charge in [-0.2, -0.15) is 0 Å². The highest BCUT2D eigenvalue weighted by Crippen LogP contribution is 2.38. The molecule has 5 nitrogen and oxygen atoms in total. The number of rotatable bonds is 2. The number of carbonyl (C=O) groups is 1. The molecular weight excluding hydrogens is 220 g/mol. The monoisotopic (exact) mass is 234 g/mol. The van der Waals surface area contributed by atoms with Crippen molar-refractivity contribution >= 4 is 11.6 Å². The van der Waals surface area contributed by atoms with Gasteiger partial charge in [0, 0.05) is 6.54 Å². The van der Waals surface area contributed by atoms with Crippen LogP contribution in [0.4, 0.5) is 5.69 Å². The van der Waals surface area contributed by atoms with Crippen LogP contribution in [0, 0.1) is 5.41 Å². The number of nitrogens with one attached hydrogen (secondary N) is 1. The van der Waals surface area contributed by atoms with Crippen molar-refractivity contribution in [2.45, 2.75) is 6.10 Å². The lowest BCUT2D eigenvalue weighted by Crippen LogP contribution is -2.62. The highest BCUT2D eigenvalue weighted by Gasteiger charge is 2.51. The van der Waals surface area contributed by atoms with E-state index in [0.29, 0.717) is 31.2 Å². The van der Waals surface area contributed by atoms with Crippen molar-refractivity contribution in [1.82, 2.24) is 0 Å². The molecule has 0 aromatic heterocycles. The van der Waals surface area contributed by atoms with Crippen LogP contribution in [-0.4, -0.2) is 31.8 Å². The zero-order valence-electron chi connectivity index (χ0n) is 9.31. The quantitative estimate of drug-likeness (QED) is 0.775. The summed E-state index contributed by atoms with van der Waals surface area (Å²) < 4.78 is 10.9. The summed E-state index contributed by atoms with van der Waals surface area (Å²) >= 11 is 0. The second-order valence-corrected chi connectivity index (χ2v) is 4.54. The largest absolute Gasteiger partial charge is 0.478 e. The zero-order chi connectivity index (χ0) is 11.9. The van der Waals surface area contributed by atoms with Crippen molar-refractivity contribution in [3.63, 3.8) is 0 Å². The van der Waals surface area contributed by atoms with E-state index in [1.165, 1.54) is 0 Å². The summed E-state index contributed by atoms with van der Waals surface area (Å²) in [4.78, 5) is 12.0. The van der Waals surface area contributed by atoms with Gasteiger partial charge in [0.15, 0.2) is 6.10 Å². The molecule has 3 rings (SSSR count). The number of hydrogen-bond acceptors (Lipinski definition) is 4. The van der Waals surface area contributed by atoms with Crippen molar-refractivity contribution in [3.8, 4) is 5.75 Å². The molecule has 2 heterocycles. The van der Waals surface area contributed by atoms with Gasteiger partial charge in [-0.25, -0.2) is 0 Å². The third-order valence-corrected chi connectivity index (χ3v) is 3.37. The maximum absolute atomic E-state index is 12.0. The van der Waals surface area contributed by atoms with Gasteiger partial charge in [0.25, 0.3) is 5.91 Å². The Morgan fingerprint density at radius 3 is 2.82 bits per heavy atom. The average Bonchev–Trinajstić information content (AvgIpc) is 2.29. The smallest absolute Gasteiger partial charge is 0.266 e. The van der Waals surface area contributed by atoms with Gasteiger partial charge in [0.05, 0.1) is 24.3 Å². The number of hydrogen-bond donors (Lipinski definition) is 2. The van der Waals surface area contributed by atoms with E-state index in [1.807, 2.05) is 24.3 Å². The minimum atomic E-state index is -0.559. The molecule has 3 N–H and O–H groups in total. The molecule has 0 spiro atoms. The van der Waals surface area contributed by atoms with Crippen molar-refractivity contribution in [2.24, 2.45) is 11.1 Å². The molecule has 1 saturated heterocycles.